The Morgan fingerprint density at radius 1 is 1.04 bits per heavy atom. The van der Waals surface area contributed by atoms with E-state index < -0.39 is 0 Å². The third-order valence-electron chi connectivity index (χ3n) is 4.85. The Morgan fingerprint density at radius 2 is 1.73 bits per heavy atom. The highest BCUT2D eigenvalue weighted by Crippen LogP contribution is 2.19. The van der Waals surface area contributed by atoms with E-state index >= 15 is 0 Å². The van der Waals surface area contributed by atoms with E-state index in [0.717, 1.165) is 43.4 Å². The summed E-state index contributed by atoms with van der Waals surface area (Å²) in [5.41, 5.74) is 2.66. The zero-order valence-corrected chi connectivity index (χ0v) is 15.1. The second kappa shape index (κ2) is 8.61. The summed E-state index contributed by atoms with van der Waals surface area (Å²) < 4.78 is 0. The molecule has 1 aromatic carbocycles. The van der Waals surface area contributed by atoms with Crippen molar-refractivity contribution in [3.05, 3.63) is 59.4 Å². The fourth-order valence-corrected chi connectivity index (χ4v) is 3.35. The molecule has 0 spiro atoms. The number of amides is 2. The Kier molecular flexibility index (Phi) is 6.00. The molecule has 2 N–H and O–H groups in total. The van der Waals surface area contributed by atoms with Gasteiger partial charge < -0.3 is 10.6 Å². The number of nitrogens with one attached hydrogen (secondary N) is 2. The summed E-state index contributed by atoms with van der Waals surface area (Å²) in [5.74, 6) is -0.418. The Bertz CT molecular complexity index is 782. The van der Waals surface area contributed by atoms with Gasteiger partial charge in [0.2, 0.25) is 0 Å². The molecule has 2 aromatic rings. The van der Waals surface area contributed by atoms with E-state index in [9.17, 15) is 9.59 Å². The van der Waals surface area contributed by atoms with Gasteiger partial charge in [-0.1, -0.05) is 44.4 Å². The van der Waals surface area contributed by atoms with Crippen LogP contribution < -0.4 is 10.6 Å². The first-order chi connectivity index (χ1) is 12.7. The molecule has 0 bridgehead atoms. The van der Waals surface area contributed by atoms with Gasteiger partial charge in [-0.05, 0) is 37.0 Å². The van der Waals surface area contributed by atoms with Gasteiger partial charge in [-0.25, -0.2) is 0 Å². The minimum atomic E-state index is -0.259. The van der Waals surface area contributed by atoms with Crippen LogP contribution in [0.25, 0.3) is 0 Å². The van der Waals surface area contributed by atoms with Gasteiger partial charge in [-0.3, -0.25) is 14.6 Å². The van der Waals surface area contributed by atoms with E-state index in [-0.39, 0.29) is 17.9 Å². The molecule has 1 aliphatic carbocycles. The molecular weight excluding hydrogens is 326 g/mol. The first kappa shape index (κ1) is 18.1. The SMILES string of the molecule is CCc1ccccc1NC(=O)c1cncc(C(=O)NC2CCCCC2)c1. The van der Waals surface area contributed by atoms with Crippen LogP contribution in [0.5, 0.6) is 0 Å². The topological polar surface area (TPSA) is 71.1 Å². The highest BCUT2D eigenvalue weighted by Gasteiger charge is 2.18. The number of nitrogens with zero attached hydrogens (tertiary/aromatic N) is 1. The van der Waals surface area contributed by atoms with E-state index in [4.69, 9.17) is 0 Å². The van der Waals surface area contributed by atoms with Crippen LogP contribution in [0.1, 0.15) is 65.3 Å². The number of carbonyl (C=O) groups is 2. The second-order valence-corrected chi connectivity index (χ2v) is 6.74. The van der Waals surface area contributed by atoms with Crippen LogP contribution in [0.3, 0.4) is 0 Å². The van der Waals surface area contributed by atoms with Crippen molar-refractivity contribution in [2.75, 3.05) is 5.32 Å². The van der Waals surface area contributed by atoms with Gasteiger partial charge in [-0.2, -0.15) is 0 Å². The fraction of sp³-hybridized carbons (Fsp3) is 0.381. The zero-order valence-electron chi connectivity index (χ0n) is 15.1. The molecule has 1 saturated carbocycles. The lowest BCUT2D eigenvalue weighted by atomic mass is 9.95. The number of pyridine rings is 1. The molecule has 3 rings (SSSR count). The van der Waals surface area contributed by atoms with Gasteiger partial charge in [0.15, 0.2) is 0 Å². The first-order valence-electron chi connectivity index (χ1n) is 9.32. The predicted molar refractivity (Wildman–Crippen MR) is 102 cm³/mol. The van der Waals surface area contributed by atoms with Gasteiger partial charge in [0.1, 0.15) is 0 Å². The molecule has 1 fully saturated rings. The van der Waals surface area contributed by atoms with Crippen LogP contribution in [0.15, 0.2) is 42.7 Å². The van der Waals surface area contributed by atoms with E-state index in [1.54, 1.807) is 6.07 Å². The molecule has 1 aliphatic rings. The van der Waals surface area contributed by atoms with Crippen molar-refractivity contribution >= 4 is 17.5 Å². The molecule has 0 aliphatic heterocycles. The lowest BCUT2D eigenvalue weighted by Gasteiger charge is -2.22. The smallest absolute Gasteiger partial charge is 0.257 e. The number of rotatable bonds is 5. The van der Waals surface area contributed by atoms with Crippen molar-refractivity contribution in [2.24, 2.45) is 0 Å². The Morgan fingerprint density at radius 3 is 2.46 bits per heavy atom. The molecule has 0 saturated heterocycles. The van der Waals surface area contributed by atoms with E-state index in [2.05, 4.69) is 15.6 Å². The summed E-state index contributed by atoms with van der Waals surface area (Å²) in [4.78, 5) is 29.1. The van der Waals surface area contributed by atoms with Crippen LogP contribution in [0, 0.1) is 0 Å². The zero-order chi connectivity index (χ0) is 18.4. The standard InChI is InChI=1S/C21H25N3O2/c1-2-15-8-6-7-11-19(15)24-21(26)17-12-16(13-22-14-17)20(25)23-18-9-4-3-5-10-18/h6-8,11-14,18H,2-5,9-10H2,1H3,(H,23,25)(H,24,26). The molecule has 0 atom stereocenters. The number of aryl methyl sites for hydroxylation is 1. The van der Waals surface area contributed by atoms with Crippen molar-refractivity contribution < 1.29 is 9.59 Å². The summed E-state index contributed by atoms with van der Waals surface area (Å²) in [6, 6.07) is 9.54. The average molecular weight is 351 g/mol. The summed E-state index contributed by atoms with van der Waals surface area (Å²) >= 11 is 0. The number of benzene rings is 1. The number of carbonyl (C=O) groups excluding carboxylic acids is 2. The molecule has 1 aromatic heterocycles. The maximum atomic E-state index is 12.6. The maximum Gasteiger partial charge on any atom is 0.257 e. The van der Waals surface area contributed by atoms with Crippen LogP contribution in [-0.2, 0) is 6.42 Å². The number of anilines is 1. The van der Waals surface area contributed by atoms with Gasteiger partial charge in [0, 0.05) is 24.1 Å². The van der Waals surface area contributed by atoms with Crippen molar-refractivity contribution in [2.45, 2.75) is 51.5 Å². The van der Waals surface area contributed by atoms with Crippen LogP contribution >= 0.6 is 0 Å². The molecule has 5 heteroatoms. The molecule has 26 heavy (non-hydrogen) atoms. The van der Waals surface area contributed by atoms with Crippen molar-refractivity contribution in [1.82, 2.24) is 10.3 Å². The molecule has 0 unspecified atom stereocenters. The highest BCUT2D eigenvalue weighted by molar-refractivity contribution is 6.06. The summed E-state index contributed by atoms with van der Waals surface area (Å²) in [6.45, 7) is 2.04. The van der Waals surface area contributed by atoms with Gasteiger partial charge in [-0.15, -0.1) is 0 Å². The number of para-hydroxylation sites is 1. The van der Waals surface area contributed by atoms with Crippen LogP contribution in [0.2, 0.25) is 0 Å². The lowest BCUT2D eigenvalue weighted by molar-refractivity contribution is 0.0927. The molecule has 0 radical (unpaired) electrons. The second-order valence-electron chi connectivity index (χ2n) is 6.74. The number of hydrogen-bond donors (Lipinski definition) is 2. The van der Waals surface area contributed by atoms with Crippen molar-refractivity contribution in [1.29, 1.82) is 0 Å². The van der Waals surface area contributed by atoms with E-state index in [0.29, 0.717) is 11.1 Å². The maximum absolute atomic E-state index is 12.6. The van der Waals surface area contributed by atoms with Gasteiger partial charge in [0.25, 0.3) is 11.8 Å². The van der Waals surface area contributed by atoms with Crippen LogP contribution in [0.4, 0.5) is 5.69 Å². The first-order valence-corrected chi connectivity index (χ1v) is 9.32. The number of aromatic nitrogens is 1. The molecule has 136 valence electrons. The lowest BCUT2D eigenvalue weighted by Crippen LogP contribution is -2.36. The van der Waals surface area contributed by atoms with Crippen LogP contribution in [-0.4, -0.2) is 22.8 Å². The van der Waals surface area contributed by atoms with E-state index in [1.165, 1.54) is 18.8 Å². The Hall–Kier alpha value is -2.69. The third-order valence-corrected chi connectivity index (χ3v) is 4.85. The predicted octanol–water partition coefficient (Wildman–Crippen LogP) is 3.96. The molecule has 2 amide bonds. The minimum absolute atomic E-state index is 0.159. The van der Waals surface area contributed by atoms with Crippen molar-refractivity contribution in [3.8, 4) is 0 Å². The summed E-state index contributed by atoms with van der Waals surface area (Å²) in [5, 5.41) is 5.97. The Labute approximate surface area is 154 Å². The van der Waals surface area contributed by atoms with Gasteiger partial charge in [0.05, 0.1) is 11.1 Å². The molecular formula is C21H25N3O2. The quantitative estimate of drug-likeness (QED) is 0.856. The normalized spacial score (nSPS) is 14.7. The molecule has 5 nitrogen and oxygen atoms in total. The Balaban J connectivity index is 1.69. The summed E-state index contributed by atoms with van der Waals surface area (Å²) in [6.07, 6.45) is 9.42. The highest BCUT2D eigenvalue weighted by atomic mass is 16.2. The minimum Gasteiger partial charge on any atom is -0.349 e. The fourth-order valence-electron chi connectivity index (χ4n) is 3.35. The number of hydrogen-bond acceptors (Lipinski definition) is 3. The molecule has 1 heterocycles. The monoisotopic (exact) mass is 351 g/mol. The third kappa shape index (κ3) is 4.48. The van der Waals surface area contributed by atoms with Gasteiger partial charge >= 0.3 is 0 Å². The largest absolute Gasteiger partial charge is 0.349 e. The summed E-state index contributed by atoms with van der Waals surface area (Å²) in [7, 11) is 0. The van der Waals surface area contributed by atoms with E-state index in [1.807, 2.05) is 31.2 Å². The van der Waals surface area contributed by atoms with Crippen molar-refractivity contribution in [3.63, 3.8) is 0 Å². The average Bonchev–Trinajstić information content (AvgIpc) is 2.69.